The van der Waals surface area contributed by atoms with Crippen molar-refractivity contribution in [3.8, 4) is 5.75 Å². The Bertz CT molecular complexity index is 599. The van der Waals surface area contributed by atoms with Crippen LogP contribution < -0.4 is 10.5 Å². The summed E-state index contributed by atoms with van der Waals surface area (Å²) in [5.74, 6) is 0.911. The molecule has 2 aromatic carbocycles. The Morgan fingerprint density at radius 3 is 2.57 bits per heavy atom. The van der Waals surface area contributed by atoms with E-state index in [-0.39, 0.29) is 0 Å². The third-order valence-corrected chi connectivity index (χ3v) is 4.42. The highest BCUT2D eigenvalue weighted by Crippen LogP contribution is 2.37. The van der Waals surface area contributed by atoms with Crippen molar-refractivity contribution < 1.29 is 9.84 Å². The van der Waals surface area contributed by atoms with Gasteiger partial charge in [-0.25, -0.2) is 0 Å². The lowest BCUT2D eigenvalue weighted by molar-refractivity contribution is -0.0137. The lowest BCUT2D eigenvalue weighted by atomic mass is 9.74. The average molecular weight is 283 g/mol. The van der Waals surface area contributed by atoms with Crippen molar-refractivity contribution in [2.45, 2.75) is 18.9 Å². The van der Waals surface area contributed by atoms with E-state index in [4.69, 9.17) is 10.5 Å². The van der Waals surface area contributed by atoms with E-state index in [2.05, 4.69) is 0 Å². The predicted molar refractivity (Wildman–Crippen MR) is 83.3 cm³/mol. The predicted octanol–water partition coefficient (Wildman–Crippen LogP) is 2.17. The number of aliphatic hydroxyl groups is 1. The quantitative estimate of drug-likeness (QED) is 0.904. The van der Waals surface area contributed by atoms with E-state index < -0.39 is 11.5 Å². The van der Waals surface area contributed by atoms with E-state index in [0.29, 0.717) is 19.6 Å². The normalized spacial score (nSPS) is 22.2. The Morgan fingerprint density at radius 1 is 1.10 bits per heavy atom. The fourth-order valence-corrected chi connectivity index (χ4v) is 2.98. The van der Waals surface area contributed by atoms with Crippen LogP contribution in [0, 0.1) is 5.41 Å². The standard InChI is InChI=1S/C18H21NO2/c19-12-18(17(20)10-14-6-2-1-3-7-14)11-15-8-4-5-9-16(15)21-13-18/h1-9,17,20H,10-13,19H2. The van der Waals surface area contributed by atoms with Gasteiger partial charge in [0.2, 0.25) is 0 Å². The number of ether oxygens (including phenoxy) is 1. The minimum absolute atomic E-state index is 0.412. The molecule has 0 saturated heterocycles. The van der Waals surface area contributed by atoms with Crippen LogP contribution in [0.2, 0.25) is 0 Å². The van der Waals surface area contributed by atoms with Gasteiger partial charge in [-0.2, -0.15) is 0 Å². The summed E-state index contributed by atoms with van der Waals surface area (Å²) in [6, 6.07) is 18.0. The zero-order valence-corrected chi connectivity index (χ0v) is 12.0. The molecule has 0 spiro atoms. The third-order valence-electron chi connectivity index (χ3n) is 4.42. The fourth-order valence-electron chi connectivity index (χ4n) is 2.98. The highest BCUT2D eigenvalue weighted by molar-refractivity contribution is 5.36. The zero-order chi connectivity index (χ0) is 14.7. The second kappa shape index (κ2) is 5.88. The van der Waals surface area contributed by atoms with Gasteiger partial charge in [-0.15, -0.1) is 0 Å². The molecule has 0 aliphatic carbocycles. The van der Waals surface area contributed by atoms with Gasteiger partial charge in [-0.3, -0.25) is 0 Å². The van der Waals surface area contributed by atoms with E-state index in [1.54, 1.807) is 0 Å². The molecule has 0 saturated carbocycles. The maximum Gasteiger partial charge on any atom is 0.122 e. The molecular formula is C18H21NO2. The lowest BCUT2D eigenvalue weighted by Gasteiger charge is -2.40. The van der Waals surface area contributed by atoms with Crippen LogP contribution in [-0.4, -0.2) is 24.4 Å². The number of hydrogen-bond donors (Lipinski definition) is 2. The van der Waals surface area contributed by atoms with E-state index in [1.165, 1.54) is 0 Å². The molecular weight excluding hydrogens is 262 g/mol. The summed E-state index contributed by atoms with van der Waals surface area (Å²) < 4.78 is 5.85. The number of fused-ring (bicyclic) bond motifs is 1. The molecule has 1 aliphatic rings. The van der Waals surface area contributed by atoms with Crippen LogP contribution in [0.15, 0.2) is 54.6 Å². The first-order chi connectivity index (χ1) is 10.2. The molecule has 0 amide bonds. The fraction of sp³-hybridized carbons (Fsp3) is 0.333. The Labute approximate surface area is 125 Å². The van der Waals surface area contributed by atoms with Crippen LogP contribution >= 0.6 is 0 Å². The van der Waals surface area contributed by atoms with E-state index in [0.717, 1.165) is 23.3 Å². The molecule has 2 atom stereocenters. The largest absolute Gasteiger partial charge is 0.493 e. The summed E-state index contributed by atoms with van der Waals surface area (Å²) in [4.78, 5) is 0. The maximum absolute atomic E-state index is 10.7. The molecule has 0 aromatic heterocycles. The number of nitrogens with two attached hydrogens (primary N) is 1. The Morgan fingerprint density at radius 2 is 1.81 bits per heavy atom. The van der Waals surface area contributed by atoms with Crippen molar-refractivity contribution in [2.75, 3.05) is 13.2 Å². The van der Waals surface area contributed by atoms with Gasteiger partial charge in [0.15, 0.2) is 0 Å². The van der Waals surface area contributed by atoms with E-state index in [9.17, 15) is 5.11 Å². The van der Waals surface area contributed by atoms with Crippen molar-refractivity contribution in [3.63, 3.8) is 0 Å². The summed E-state index contributed by atoms with van der Waals surface area (Å²) in [7, 11) is 0. The van der Waals surface area contributed by atoms with Crippen LogP contribution in [0.3, 0.4) is 0 Å². The first-order valence-electron chi connectivity index (χ1n) is 7.36. The highest BCUT2D eigenvalue weighted by atomic mass is 16.5. The van der Waals surface area contributed by atoms with Crippen molar-refractivity contribution in [3.05, 3.63) is 65.7 Å². The average Bonchev–Trinajstić information content (AvgIpc) is 2.55. The van der Waals surface area contributed by atoms with Crippen LogP contribution in [0.5, 0.6) is 5.75 Å². The van der Waals surface area contributed by atoms with Crippen LogP contribution in [0.1, 0.15) is 11.1 Å². The van der Waals surface area contributed by atoms with Gasteiger partial charge >= 0.3 is 0 Å². The molecule has 1 heterocycles. The summed E-state index contributed by atoms with van der Waals surface area (Å²) in [5.41, 5.74) is 7.85. The van der Waals surface area contributed by atoms with Gasteiger partial charge in [0, 0.05) is 12.0 Å². The minimum Gasteiger partial charge on any atom is -0.493 e. The van der Waals surface area contributed by atoms with E-state index >= 15 is 0 Å². The molecule has 2 unspecified atom stereocenters. The van der Waals surface area contributed by atoms with Crippen molar-refractivity contribution in [1.29, 1.82) is 0 Å². The molecule has 110 valence electrons. The molecule has 3 rings (SSSR count). The highest BCUT2D eigenvalue weighted by Gasteiger charge is 2.41. The monoisotopic (exact) mass is 283 g/mol. The molecule has 3 heteroatoms. The molecule has 2 aromatic rings. The number of aliphatic hydroxyl groups excluding tert-OH is 1. The minimum atomic E-state index is -0.516. The first kappa shape index (κ1) is 14.1. The van der Waals surface area contributed by atoms with Gasteiger partial charge < -0.3 is 15.6 Å². The maximum atomic E-state index is 10.7. The SMILES string of the molecule is NCC1(C(O)Cc2ccccc2)COc2ccccc2C1. The molecule has 0 fully saturated rings. The first-order valence-corrected chi connectivity index (χ1v) is 7.36. The Kier molecular flexibility index (Phi) is 3.95. The molecule has 3 nitrogen and oxygen atoms in total. The summed E-state index contributed by atoms with van der Waals surface area (Å²) >= 11 is 0. The van der Waals surface area contributed by atoms with Crippen molar-refractivity contribution in [1.82, 2.24) is 0 Å². The van der Waals surface area contributed by atoms with Crippen LogP contribution in [0.4, 0.5) is 0 Å². The third kappa shape index (κ3) is 2.80. The van der Waals surface area contributed by atoms with Gasteiger partial charge in [0.05, 0.1) is 12.7 Å². The molecule has 21 heavy (non-hydrogen) atoms. The molecule has 0 bridgehead atoms. The Balaban J connectivity index is 1.81. The smallest absolute Gasteiger partial charge is 0.122 e. The zero-order valence-electron chi connectivity index (χ0n) is 12.0. The number of rotatable bonds is 4. The molecule has 0 radical (unpaired) electrons. The summed E-state index contributed by atoms with van der Waals surface area (Å²) in [5, 5.41) is 10.7. The van der Waals surface area contributed by atoms with Gasteiger partial charge in [0.1, 0.15) is 5.75 Å². The van der Waals surface area contributed by atoms with Gasteiger partial charge in [-0.05, 0) is 30.0 Å². The number of benzene rings is 2. The lowest BCUT2D eigenvalue weighted by Crippen LogP contribution is -2.50. The topological polar surface area (TPSA) is 55.5 Å². The van der Waals surface area contributed by atoms with Crippen LogP contribution in [-0.2, 0) is 12.8 Å². The van der Waals surface area contributed by atoms with E-state index in [1.807, 2.05) is 54.6 Å². The van der Waals surface area contributed by atoms with Crippen molar-refractivity contribution >= 4 is 0 Å². The Hall–Kier alpha value is -1.84. The summed E-state index contributed by atoms with van der Waals surface area (Å²) in [6.07, 6.45) is 0.843. The summed E-state index contributed by atoms with van der Waals surface area (Å²) in [6.45, 7) is 0.879. The van der Waals surface area contributed by atoms with Gasteiger partial charge in [0.25, 0.3) is 0 Å². The number of para-hydroxylation sites is 1. The second-order valence-corrected chi connectivity index (χ2v) is 5.85. The van der Waals surface area contributed by atoms with Crippen molar-refractivity contribution in [2.24, 2.45) is 11.1 Å². The molecule has 1 aliphatic heterocycles. The van der Waals surface area contributed by atoms with Gasteiger partial charge in [-0.1, -0.05) is 48.5 Å². The number of hydrogen-bond acceptors (Lipinski definition) is 3. The second-order valence-electron chi connectivity index (χ2n) is 5.85. The molecule has 3 N–H and O–H groups in total. The van der Waals surface area contributed by atoms with Crippen LogP contribution in [0.25, 0.3) is 0 Å².